The monoisotopic (exact) mass is 408 g/mol. The Hall–Kier alpha value is -2.24. The lowest BCUT2D eigenvalue weighted by Crippen LogP contribution is -2.49. The van der Waals surface area contributed by atoms with Gasteiger partial charge >= 0.3 is 0 Å². The van der Waals surface area contributed by atoms with E-state index in [1.165, 1.54) is 4.90 Å². The van der Waals surface area contributed by atoms with Crippen molar-refractivity contribution in [3.8, 4) is 5.75 Å². The molecular formula is C20H22Cl2N2O3. The molecule has 0 bridgehead atoms. The van der Waals surface area contributed by atoms with Crippen molar-refractivity contribution in [3.05, 3.63) is 64.1 Å². The number of carbonyl (C=O) groups excluding carboxylic acids is 2. The predicted molar refractivity (Wildman–Crippen MR) is 107 cm³/mol. The van der Waals surface area contributed by atoms with E-state index < -0.39 is 6.04 Å². The van der Waals surface area contributed by atoms with Gasteiger partial charge in [0, 0.05) is 18.1 Å². The Morgan fingerprint density at radius 1 is 1.11 bits per heavy atom. The van der Waals surface area contributed by atoms with E-state index in [9.17, 15) is 9.59 Å². The average molecular weight is 409 g/mol. The largest absolute Gasteiger partial charge is 0.482 e. The van der Waals surface area contributed by atoms with Gasteiger partial charge in [0.15, 0.2) is 6.61 Å². The molecule has 0 saturated carbocycles. The second kappa shape index (κ2) is 10.2. The Kier molecular flexibility index (Phi) is 7.95. The average Bonchev–Trinajstić information content (AvgIpc) is 2.66. The number of carbonyl (C=O) groups is 2. The highest BCUT2D eigenvalue weighted by Gasteiger charge is 2.26. The Bertz CT molecular complexity index is 781. The molecule has 0 fully saturated rings. The molecule has 0 aromatic heterocycles. The summed E-state index contributed by atoms with van der Waals surface area (Å²) < 4.78 is 5.55. The molecule has 0 spiro atoms. The van der Waals surface area contributed by atoms with E-state index in [-0.39, 0.29) is 25.0 Å². The molecule has 0 aliphatic heterocycles. The van der Waals surface area contributed by atoms with E-state index in [0.29, 0.717) is 22.3 Å². The molecule has 5 nitrogen and oxygen atoms in total. The lowest BCUT2D eigenvalue weighted by atomic mass is 10.1. The number of halogens is 2. The fourth-order valence-corrected chi connectivity index (χ4v) is 2.79. The highest BCUT2D eigenvalue weighted by Crippen LogP contribution is 2.23. The fourth-order valence-electron chi connectivity index (χ4n) is 2.48. The molecule has 0 saturated heterocycles. The number of rotatable bonds is 8. The number of benzene rings is 2. The van der Waals surface area contributed by atoms with Gasteiger partial charge < -0.3 is 15.0 Å². The van der Waals surface area contributed by atoms with Crippen LogP contribution >= 0.6 is 23.2 Å². The quantitative estimate of drug-likeness (QED) is 0.719. The van der Waals surface area contributed by atoms with Gasteiger partial charge in [0.2, 0.25) is 5.91 Å². The van der Waals surface area contributed by atoms with Gasteiger partial charge in [-0.15, -0.1) is 0 Å². The molecule has 0 heterocycles. The van der Waals surface area contributed by atoms with Crippen LogP contribution in [0.25, 0.3) is 0 Å². The molecule has 1 N–H and O–H groups in total. The van der Waals surface area contributed by atoms with E-state index in [4.69, 9.17) is 27.9 Å². The summed E-state index contributed by atoms with van der Waals surface area (Å²) in [5, 5.41) is 3.77. The number of hydrogen-bond donors (Lipinski definition) is 1. The van der Waals surface area contributed by atoms with Crippen LogP contribution in [-0.4, -0.2) is 35.9 Å². The molecule has 0 aliphatic carbocycles. The third-order valence-electron chi connectivity index (χ3n) is 3.97. The van der Waals surface area contributed by atoms with Crippen molar-refractivity contribution < 1.29 is 14.3 Å². The second-order valence-corrected chi connectivity index (χ2v) is 6.78. The first-order valence-electron chi connectivity index (χ1n) is 8.61. The standard InChI is InChI=1S/C20H22Cl2N2O3/c1-3-23-20(26)14(2)24(12-15-8-10-16(21)11-9-15)19(25)13-27-18-7-5-4-6-17(18)22/h4-11,14H,3,12-13H2,1-2H3,(H,23,26)/t14-/m0/s1. The third kappa shape index (κ3) is 6.15. The van der Waals surface area contributed by atoms with E-state index in [1.807, 2.05) is 19.1 Å². The topological polar surface area (TPSA) is 58.6 Å². The van der Waals surface area contributed by atoms with Gasteiger partial charge in [-0.05, 0) is 43.7 Å². The van der Waals surface area contributed by atoms with Crippen LogP contribution in [0.2, 0.25) is 10.0 Å². The minimum atomic E-state index is -0.650. The lowest BCUT2D eigenvalue weighted by Gasteiger charge is -2.28. The molecule has 2 rings (SSSR count). The summed E-state index contributed by atoms with van der Waals surface area (Å²) >= 11 is 12.0. The van der Waals surface area contributed by atoms with E-state index in [2.05, 4.69) is 5.32 Å². The number of hydrogen-bond acceptors (Lipinski definition) is 3. The molecule has 7 heteroatoms. The zero-order valence-electron chi connectivity index (χ0n) is 15.2. The summed E-state index contributed by atoms with van der Waals surface area (Å²) in [6.45, 7) is 4.05. The minimum Gasteiger partial charge on any atom is -0.482 e. The van der Waals surface area contributed by atoms with E-state index in [1.54, 1.807) is 43.3 Å². The van der Waals surface area contributed by atoms with Crippen molar-refractivity contribution in [1.29, 1.82) is 0 Å². The van der Waals surface area contributed by atoms with Crippen LogP contribution < -0.4 is 10.1 Å². The summed E-state index contributed by atoms with van der Waals surface area (Å²) in [6.07, 6.45) is 0. The molecule has 1 atom stereocenters. The zero-order valence-corrected chi connectivity index (χ0v) is 16.8. The maximum absolute atomic E-state index is 12.8. The van der Waals surface area contributed by atoms with E-state index in [0.717, 1.165) is 5.56 Å². The second-order valence-electron chi connectivity index (χ2n) is 5.94. The highest BCUT2D eigenvalue weighted by atomic mass is 35.5. The third-order valence-corrected chi connectivity index (χ3v) is 4.54. The van der Waals surface area contributed by atoms with Gasteiger partial charge in [0.1, 0.15) is 11.8 Å². The van der Waals surface area contributed by atoms with Crippen molar-refractivity contribution >= 4 is 35.0 Å². The summed E-state index contributed by atoms with van der Waals surface area (Å²) in [5.41, 5.74) is 0.863. The number of nitrogens with one attached hydrogen (secondary N) is 1. The Balaban J connectivity index is 2.14. The van der Waals surface area contributed by atoms with Crippen molar-refractivity contribution in [2.24, 2.45) is 0 Å². The smallest absolute Gasteiger partial charge is 0.261 e. The highest BCUT2D eigenvalue weighted by molar-refractivity contribution is 6.32. The number of para-hydroxylation sites is 1. The van der Waals surface area contributed by atoms with Gasteiger partial charge in [0.05, 0.1) is 5.02 Å². The van der Waals surface area contributed by atoms with Crippen molar-refractivity contribution in [3.63, 3.8) is 0 Å². The maximum atomic E-state index is 12.8. The van der Waals surface area contributed by atoms with Gasteiger partial charge in [-0.25, -0.2) is 0 Å². The first kappa shape index (κ1) is 21.1. The first-order valence-corrected chi connectivity index (χ1v) is 9.37. The Morgan fingerprint density at radius 2 is 1.78 bits per heavy atom. The number of likely N-dealkylation sites (N-methyl/N-ethyl adjacent to an activating group) is 1. The van der Waals surface area contributed by atoms with Gasteiger partial charge in [0.25, 0.3) is 5.91 Å². The van der Waals surface area contributed by atoms with Gasteiger partial charge in [-0.1, -0.05) is 47.5 Å². The molecule has 27 heavy (non-hydrogen) atoms. The predicted octanol–water partition coefficient (Wildman–Crippen LogP) is 3.93. The van der Waals surface area contributed by atoms with Crippen molar-refractivity contribution in [1.82, 2.24) is 10.2 Å². The first-order chi connectivity index (χ1) is 12.9. The molecule has 2 aromatic carbocycles. The molecule has 144 valence electrons. The van der Waals surface area contributed by atoms with Crippen LogP contribution in [0.5, 0.6) is 5.75 Å². The Labute approximate surface area is 169 Å². The summed E-state index contributed by atoms with van der Waals surface area (Å²) in [7, 11) is 0. The fraction of sp³-hybridized carbons (Fsp3) is 0.300. The van der Waals surface area contributed by atoms with Gasteiger partial charge in [-0.2, -0.15) is 0 Å². The molecular weight excluding hydrogens is 387 g/mol. The molecule has 2 amide bonds. The van der Waals surface area contributed by atoms with E-state index >= 15 is 0 Å². The van der Waals surface area contributed by atoms with Crippen molar-refractivity contribution in [2.75, 3.05) is 13.2 Å². The zero-order chi connectivity index (χ0) is 19.8. The minimum absolute atomic E-state index is 0.221. The molecule has 2 aromatic rings. The number of ether oxygens (including phenoxy) is 1. The van der Waals surface area contributed by atoms with Crippen LogP contribution in [0, 0.1) is 0 Å². The lowest BCUT2D eigenvalue weighted by molar-refractivity contribution is -0.142. The van der Waals surface area contributed by atoms with Gasteiger partial charge in [-0.3, -0.25) is 9.59 Å². The maximum Gasteiger partial charge on any atom is 0.261 e. The van der Waals surface area contributed by atoms with Crippen LogP contribution in [-0.2, 0) is 16.1 Å². The normalized spacial score (nSPS) is 11.6. The number of amides is 2. The number of nitrogens with zero attached hydrogens (tertiary/aromatic N) is 1. The van der Waals surface area contributed by atoms with Crippen LogP contribution in [0.4, 0.5) is 0 Å². The van der Waals surface area contributed by atoms with Crippen molar-refractivity contribution in [2.45, 2.75) is 26.4 Å². The van der Waals surface area contributed by atoms with Crippen LogP contribution in [0.1, 0.15) is 19.4 Å². The molecule has 0 radical (unpaired) electrons. The summed E-state index contributed by atoms with van der Waals surface area (Å²) in [6, 6.07) is 13.4. The molecule has 0 aliphatic rings. The summed E-state index contributed by atoms with van der Waals surface area (Å²) in [5.74, 6) is -0.120. The molecule has 0 unspecified atom stereocenters. The Morgan fingerprint density at radius 3 is 2.41 bits per heavy atom. The SMILES string of the molecule is CCNC(=O)[C@H](C)N(Cc1ccc(Cl)cc1)C(=O)COc1ccccc1Cl. The van der Waals surface area contributed by atoms with Crippen LogP contribution in [0.3, 0.4) is 0 Å². The summed E-state index contributed by atoms with van der Waals surface area (Å²) in [4.78, 5) is 26.6. The van der Waals surface area contributed by atoms with Crippen LogP contribution in [0.15, 0.2) is 48.5 Å².